The van der Waals surface area contributed by atoms with Crippen molar-refractivity contribution in [2.45, 2.75) is 78.9 Å². The lowest BCUT2D eigenvalue weighted by atomic mass is 9.31. The third-order valence-corrected chi connectivity index (χ3v) is 17.3. The molecular formula is C63H53B2N3S2. The molecule has 4 heterocycles. The van der Waals surface area contributed by atoms with Gasteiger partial charge in [-0.15, -0.1) is 0 Å². The SMILES string of the molecule is CC(C)c1cc(C(C)C)c(B2c3ccccc3Sc3cc4c(cc32)B2c3ccccc3N(c3ccccc3)c3cc(N5c6ccccc6Sc6ccccc65)cc(c32)N4c2ccccc2)c(C(C)C)c1. The summed E-state index contributed by atoms with van der Waals surface area (Å²) in [6, 6.07) is 73.6. The Morgan fingerprint density at radius 1 is 0.314 bits per heavy atom. The molecule has 0 spiro atoms. The fraction of sp³-hybridized carbons (Fsp3) is 0.143. The van der Waals surface area contributed by atoms with Crippen LogP contribution in [0.3, 0.4) is 0 Å². The molecule has 0 saturated heterocycles. The summed E-state index contributed by atoms with van der Waals surface area (Å²) in [5.74, 6) is 1.16. The number of anilines is 9. The molecule has 70 heavy (non-hydrogen) atoms. The molecular weight excluding hydrogens is 884 g/mol. The number of para-hydroxylation sites is 5. The predicted molar refractivity (Wildman–Crippen MR) is 303 cm³/mol. The summed E-state index contributed by atoms with van der Waals surface area (Å²) in [4.78, 5) is 12.8. The second-order valence-corrected chi connectivity index (χ2v) is 22.4. The number of hydrogen-bond donors (Lipinski definition) is 0. The number of benzene rings is 9. The van der Waals surface area contributed by atoms with E-state index in [1.54, 1.807) is 0 Å². The van der Waals surface area contributed by atoms with Crippen LogP contribution >= 0.6 is 23.5 Å². The molecule has 9 aromatic rings. The highest BCUT2D eigenvalue weighted by atomic mass is 32.2. The van der Waals surface area contributed by atoms with Gasteiger partial charge in [0.05, 0.1) is 17.1 Å². The summed E-state index contributed by atoms with van der Waals surface area (Å²) in [5, 5.41) is 0. The first-order valence-corrected chi connectivity index (χ1v) is 26.6. The molecule has 0 amide bonds. The molecule has 0 saturated carbocycles. The van der Waals surface area contributed by atoms with Crippen molar-refractivity contribution in [3.8, 4) is 0 Å². The maximum atomic E-state index is 2.66. The molecule has 0 unspecified atom stereocenters. The van der Waals surface area contributed by atoms with Crippen LogP contribution in [-0.2, 0) is 0 Å². The second-order valence-electron chi connectivity index (χ2n) is 20.2. The first-order chi connectivity index (χ1) is 34.2. The van der Waals surface area contributed by atoms with E-state index in [9.17, 15) is 0 Å². The van der Waals surface area contributed by atoms with Crippen LogP contribution in [0.5, 0.6) is 0 Å². The molecule has 0 N–H and O–H groups in total. The van der Waals surface area contributed by atoms with Crippen LogP contribution in [0, 0.1) is 0 Å². The van der Waals surface area contributed by atoms with E-state index in [4.69, 9.17) is 0 Å². The number of rotatable bonds is 7. The Bertz CT molecular complexity index is 3460. The number of hydrogen-bond acceptors (Lipinski definition) is 5. The van der Waals surface area contributed by atoms with Crippen molar-refractivity contribution in [2.24, 2.45) is 0 Å². The van der Waals surface area contributed by atoms with Crippen molar-refractivity contribution in [1.29, 1.82) is 0 Å². The minimum Gasteiger partial charge on any atom is -0.311 e. The van der Waals surface area contributed by atoms with Crippen LogP contribution in [0.15, 0.2) is 214 Å². The Morgan fingerprint density at radius 3 is 1.34 bits per heavy atom. The molecule has 4 aliphatic rings. The van der Waals surface area contributed by atoms with Gasteiger partial charge in [0.2, 0.25) is 6.71 Å². The van der Waals surface area contributed by atoms with E-state index in [-0.39, 0.29) is 13.4 Å². The van der Waals surface area contributed by atoms with Crippen LogP contribution in [0.2, 0.25) is 0 Å². The second kappa shape index (κ2) is 17.0. The zero-order valence-electron chi connectivity index (χ0n) is 40.5. The Kier molecular flexibility index (Phi) is 10.5. The van der Waals surface area contributed by atoms with E-state index in [1.165, 1.54) is 103 Å². The Balaban J connectivity index is 1.14. The van der Waals surface area contributed by atoms with Crippen molar-refractivity contribution in [3.63, 3.8) is 0 Å². The molecule has 0 radical (unpaired) electrons. The molecule has 0 atom stereocenters. The average Bonchev–Trinajstić information content (AvgIpc) is 3.38. The minimum atomic E-state index is -0.0350. The molecule has 0 fully saturated rings. The van der Waals surface area contributed by atoms with E-state index in [0.29, 0.717) is 17.8 Å². The molecule has 4 aliphatic heterocycles. The summed E-state index contributed by atoms with van der Waals surface area (Å²) in [6.07, 6.45) is 0. The standard InChI is InChI=1S/C63H53B2N3S2/c1-39(2)42-33-46(40(3)4)62(47(34-42)41(5)6)65-49-26-14-18-30-58(49)69-61-38-55-50(37-51(61)65)64-48-25-13-15-27-52(48)66(43-21-9-7-10-22-43)56-35-45(36-57(63(56)64)67(55)44-23-11-8-12-24-44)68-53-28-16-19-31-59(53)70-60-32-20-17-29-54(60)68/h7-41H,1-6H3. The van der Waals surface area contributed by atoms with Gasteiger partial charge in [-0.1, -0.05) is 197 Å². The van der Waals surface area contributed by atoms with Gasteiger partial charge in [-0.3, -0.25) is 0 Å². The van der Waals surface area contributed by atoms with Gasteiger partial charge in [0.1, 0.15) is 0 Å². The van der Waals surface area contributed by atoms with Gasteiger partial charge in [0.15, 0.2) is 0 Å². The van der Waals surface area contributed by atoms with E-state index >= 15 is 0 Å². The van der Waals surface area contributed by atoms with Crippen molar-refractivity contribution in [1.82, 2.24) is 0 Å². The van der Waals surface area contributed by atoms with Gasteiger partial charge in [0.25, 0.3) is 6.71 Å². The van der Waals surface area contributed by atoms with Crippen LogP contribution in [0.4, 0.5) is 51.2 Å². The molecule has 0 bridgehead atoms. The van der Waals surface area contributed by atoms with E-state index < -0.39 is 0 Å². The van der Waals surface area contributed by atoms with Gasteiger partial charge in [-0.05, 0) is 130 Å². The summed E-state index contributed by atoms with van der Waals surface area (Å²) < 4.78 is 0. The quantitative estimate of drug-likeness (QED) is 0.147. The lowest BCUT2D eigenvalue weighted by molar-refractivity contribution is 0.812. The van der Waals surface area contributed by atoms with Crippen molar-refractivity contribution < 1.29 is 0 Å². The lowest BCUT2D eigenvalue weighted by Gasteiger charge is -2.46. The highest BCUT2D eigenvalue weighted by molar-refractivity contribution is 8.00. The Morgan fingerprint density at radius 2 is 0.771 bits per heavy atom. The van der Waals surface area contributed by atoms with Gasteiger partial charge in [0, 0.05) is 53.7 Å². The molecule has 0 aromatic heterocycles. The molecule has 338 valence electrons. The third kappa shape index (κ3) is 6.76. The third-order valence-electron chi connectivity index (χ3n) is 15.0. The summed E-state index contributed by atoms with van der Waals surface area (Å²) in [6.45, 7) is 14.3. The van der Waals surface area contributed by atoms with E-state index in [1.807, 2.05) is 23.5 Å². The van der Waals surface area contributed by atoms with Crippen LogP contribution in [0.1, 0.15) is 76.0 Å². The van der Waals surface area contributed by atoms with Crippen molar-refractivity contribution in [3.05, 3.63) is 211 Å². The summed E-state index contributed by atoms with van der Waals surface area (Å²) in [5.41, 5.74) is 23.3. The predicted octanol–water partition coefficient (Wildman–Crippen LogP) is 14.1. The van der Waals surface area contributed by atoms with Gasteiger partial charge in [-0.2, -0.15) is 0 Å². The maximum Gasteiger partial charge on any atom is 0.252 e. The number of fused-ring (bicyclic) bond motifs is 8. The first kappa shape index (κ1) is 43.2. The fourth-order valence-electron chi connectivity index (χ4n) is 11.9. The zero-order chi connectivity index (χ0) is 47.4. The van der Waals surface area contributed by atoms with E-state index in [0.717, 1.165) is 17.1 Å². The van der Waals surface area contributed by atoms with Crippen molar-refractivity contribution >= 4 is 121 Å². The zero-order valence-corrected chi connectivity index (χ0v) is 42.2. The van der Waals surface area contributed by atoms with Gasteiger partial charge < -0.3 is 14.7 Å². The average molecular weight is 938 g/mol. The largest absolute Gasteiger partial charge is 0.311 e. The van der Waals surface area contributed by atoms with Gasteiger partial charge in [-0.25, -0.2) is 0 Å². The Labute approximate surface area is 422 Å². The van der Waals surface area contributed by atoms with Crippen LogP contribution in [-0.4, -0.2) is 13.4 Å². The molecule has 13 rings (SSSR count). The Hall–Kier alpha value is -6.79. The molecule has 9 aromatic carbocycles. The smallest absolute Gasteiger partial charge is 0.252 e. The topological polar surface area (TPSA) is 9.72 Å². The van der Waals surface area contributed by atoms with Crippen molar-refractivity contribution in [2.75, 3.05) is 14.7 Å². The van der Waals surface area contributed by atoms with Crippen LogP contribution in [0.25, 0.3) is 0 Å². The summed E-state index contributed by atoms with van der Waals surface area (Å²) >= 11 is 3.80. The highest BCUT2D eigenvalue weighted by Crippen LogP contribution is 2.54. The summed E-state index contributed by atoms with van der Waals surface area (Å²) in [7, 11) is 0. The fourth-order valence-corrected chi connectivity index (χ4v) is 14.1. The monoisotopic (exact) mass is 937 g/mol. The highest BCUT2D eigenvalue weighted by Gasteiger charge is 2.46. The lowest BCUT2D eigenvalue weighted by Crippen LogP contribution is -2.64. The van der Waals surface area contributed by atoms with Crippen LogP contribution < -0.4 is 47.5 Å². The van der Waals surface area contributed by atoms with Gasteiger partial charge >= 0.3 is 0 Å². The molecule has 0 aliphatic carbocycles. The maximum absolute atomic E-state index is 2.66. The minimum absolute atomic E-state index is 0.0350. The molecule has 3 nitrogen and oxygen atoms in total. The number of nitrogens with zero attached hydrogens (tertiary/aromatic N) is 3. The molecule has 7 heteroatoms. The normalized spacial score (nSPS) is 14.0. The first-order valence-electron chi connectivity index (χ1n) is 25.0. The van der Waals surface area contributed by atoms with E-state index in [2.05, 4.69) is 250 Å².